The molecule has 0 saturated carbocycles. The monoisotopic (exact) mass is 580 g/mol. The Balaban J connectivity index is 1.37. The zero-order chi connectivity index (χ0) is 31.9. The number of rotatable bonds is 7. The summed E-state index contributed by atoms with van der Waals surface area (Å²) in [5, 5.41) is 7.58. The summed E-state index contributed by atoms with van der Waals surface area (Å²) in [5.74, 6) is -1.62. The van der Waals surface area contributed by atoms with Crippen LogP contribution in [0.25, 0.3) is 0 Å². The van der Waals surface area contributed by atoms with Crippen LogP contribution < -0.4 is 20.7 Å². The molecule has 0 unspecified atom stereocenters. The van der Waals surface area contributed by atoms with E-state index >= 15 is 0 Å². The van der Waals surface area contributed by atoms with Crippen LogP contribution in [0.4, 0.5) is 43.5 Å². The Bertz CT molecular complexity index is 1440. The van der Waals surface area contributed by atoms with Gasteiger partial charge in [-0.05, 0) is 13.0 Å². The maximum Gasteiger partial charge on any atom is 0.423 e. The van der Waals surface area contributed by atoms with E-state index in [1.54, 1.807) is 5.10 Å². The lowest BCUT2D eigenvalue weighted by molar-refractivity contribution is -0.138. The van der Waals surface area contributed by atoms with Crippen molar-refractivity contribution in [2.75, 3.05) is 54.9 Å². The largest absolute Gasteiger partial charge is 0.423 e. The minimum absolute atomic E-state index is 0.0179. The number of alkyl halides is 6. The van der Waals surface area contributed by atoms with Gasteiger partial charge in [-0.15, -0.1) is 0 Å². The molecule has 40 heavy (non-hydrogen) atoms. The van der Waals surface area contributed by atoms with Crippen molar-refractivity contribution in [3.8, 4) is 0 Å². The minimum atomic E-state index is -4.93. The van der Waals surface area contributed by atoms with Gasteiger partial charge in [0.2, 0.25) is 5.91 Å². The second-order valence-electron chi connectivity index (χ2n) is 9.14. The average molecular weight is 581 g/mol. The number of halogens is 6. The van der Waals surface area contributed by atoms with Gasteiger partial charge in [0.1, 0.15) is 11.6 Å². The van der Waals surface area contributed by atoms with Crippen molar-refractivity contribution in [1.82, 2.24) is 20.1 Å². The van der Waals surface area contributed by atoms with Gasteiger partial charge >= 0.3 is 12.4 Å². The molecule has 0 bridgehead atoms. The van der Waals surface area contributed by atoms with Gasteiger partial charge in [-0.2, -0.15) is 31.4 Å². The predicted octanol–water partition coefficient (Wildman–Crippen LogP) is 2.10. The number of hydrogen-bond donors (Lipinski definition) is 2. The van der Waals surface area contributed by atoms with Crippen molar-refractivity contribution in [3.63, 3.8) is 0 Å². The Labute approximate surface area is 227 Å². The van der Waals surface area contributed by atoms with Crippen molar-refractivity contribution in [2.24, 2.45) is 0 Å². The molecule has 4 heterocycles. The average Bonchev–Trinajstić information content (AvgIpc) is 2.88. The molecule has 2 atom stereocenters. The van der Waals surface area contributed by atoms with E-state index in [1.165, 1.54) is 16.7 Å². The lowest BCUT2D eigenvalue weighted by Gasteiger charge is -2.46. The summed E-state index contributed by atoms with van der Waals surface area (Å²) in [6.45, 7) is -2.18. The molecule has 2 aliphatic heterocycles. The number of aromatic nitrogens is 3. The molecular formula is C23H25F6N7O4. The fourth-order valence-electron chi connectivity index (χ4n) is 4.40. The summed E-state index contributed by atoms with van der Waals surface area (Å²) in [6, 6.07) is -1.38. The van der Waals surface area contributed by atoms with Crippen LogP contribution in [0.5, 0.6) is 0 Å². The third-order valence-corrected chi connectivity index (χ3v) is 6.30. The summed E-state index contributed by atoms with van der Waals surface area (Å²) in [5.41, 5.74) is -5.14. The number of amides is 2. The Kier molecular flexibility index (Phi) is 6.86. The maximum atomic E-state index is 13.3. The molecule has 0 aromatic carbocycles. The number of hydrogen-bond acceptors (Lipinski definition) is 8. The number of nitrogens with zero attached hydrogens (tertiary/aromatic N) is 5. The molecule has 2 aliphatic rings. The molecule has 17 heteroatoms. The number of nitrogens with one attached hydrogen (secondary N) is 2. The van der Waals surface area contributed by atoms with E-state index in [-0.39, 0.29) is 50.0 Å². The smallest absolute Gasteiger partial charge is 0.379 e. The predicted molar refractivity (Wildman–Crippen MR) is 129 cm³/mol. The van der Waals surface area contributed by atoms with E-state index in [1.807, 2.05) is 0 Å². The van der Waals surface area contributed by atoms with Crippen LogP contribution in [0.3, 0.4) is 0 Å². The van der Waals surface area contributed by atoms with Crippen LogP contribution in [0.2, 0.25) is 0 Å². The highest BCUT2D eigenvalue weighted by molar-refractivity contribution is 6.05. The molecule has 4 rings (SSSR count). The Morgan fingerprint density at radius 2 is 1.98 bits per heavy atom. The first-order valence-corrected chi connectivity index (χ1v) is 11.8. The van der Waals surface area contributed by atoms with Gasteiger partial charge in [0.25, 0.3) is 11.5 Å². The number of anilines is 3. The summed E-state index contributed by atoms with van der Waals surface area (Å²) in [4.78, 5) is 44.4. The van der Waals surface area contributed by atoms with Gasteiger partial charge < -0.3 is 24.8 Å². The highest BCUT2D eigenvalue weighted by Gasteiger charge is 2.43. The molecule has 0 spiro atoms. The summed E-state index contributed by atoms with van der Waals surface area (Å²) < 4.78 is 108. The van der Waals surface area contributed by atoms with Crippen molar-refractivity contribution < 1.29 is 44.8 Å². The maximum absolute atomic E-state index is 13.3. The number of likely N-dealkylation sites (N-methyl/N-ethyl adjacent to an activating group) is 1. The fourth-order valence-corrected chi connectivity index (χ4v) is 4.40. The van der Waals surface area contributed by atoms with Crippen LogP contribution >= 0.6 is 0 Å². The van der Waals surface area contributed by atoms with Crippen LogP contribution in [-0.2, 0) is 26.7 Å². The molecule has 218 valence electrons. The first kappa shape index (κ1) is 25.1. The van der Waals surface area contributed by atoms with E-state index in [0.29, 0.717) is 12.3 Å². The van der Waals surface area contributed by atoms with Gasteiger partial charge in [0, 0.05) is 36.4 Å². The fraction of sp³-hybridized carbons (Fsp3) is 0.522. The third kappa shape index (κ3) is 5.97. The van der Waals surface area contributed by atoms with E-state index < -0.39 is 71.3 Å². The summed E-state index contributed by atoms with van der Waals surface area (Å²) in [6.07, 6.45) is -8.59. The SMILES string of the molecule is [2H]C([2H])([2H])N1C(=O)[C@@H]2CN(C(=O)CCOC[C@H](C)Nc3cn[nH]c(=O)c3C(F)(F)F)CCN2c2ncc(C(F)(F)F)cc21. The van der Waals surface area contributed by atoms with Gasteiger partial charge in [-0.3, -0.25) is 14.4 Å². The number of piperazine rings is 1. The van der Waals surface area contributed by atoms with Gasteiger partial charge in [-0.1, -0.05) is 0 Å². The molecule has 0 aliphatic carbocycles. The Hall–Kier alpha value is -3.89. The molecule has 2 amide bonds. The molecule has 11 nitrogen and oxygen atoms in total. The molecule has 0 radical (unpaired) electrons. The summed E-state index contributed by atoms with van der Waals surface area (Å²) in [7, 11) is 0. The number of pyridine rings is 1. The first-order valence-electron chi connectivity index (χ1n) is 13.3. The number of aromatic amines is 1. The van der Waals surface area contributed by atoms with Crippen molar-refractivity contribution >= 4 is 29.0 Å². The van der Waals surface area contributed by atoms with E-state index in [2.05, 4.69) is 15.4 Å². The van der Waals surface area contributed by atoms with E-state index in [4.69, 9.17) is 8.85 Å². The van der Waals surface area contributed by atoms with Crippen molar-refractivity contribution in [1.29, 1.82) is 0 Å². The van der Waals surface area contributed by atoms with Crippen LogP contribution in [0, 0.1) is 0 Å². The van der Waals surface area contributed by atoms with Crippen LogP contribution in [0.15, 0.2) is 23.3 Å². The van der Waals surface area contributed by atoms with Gasteiger partial charge in [0.05, 0.1) is 49.3 Å². The lowest BCUT2D eigenvalue weighted by atomic mass is 10.0. The zero-order valence-corrected chi connectivity index (χ0v) is 20.8. The summed E-state index contributed by atoms with van der Waals surface area (Å²) >= 11 is 0. The van der Waals surface area contributed by atoms with Gasteiger partial charge in [-0.25, -0.2) is 10.1 Å². The highest BCUT2D eigenvalue weighted by atomic mass is 19.4. The van der Waals surface area contributed by atoms with Crippen LogP contribution in [-0.4, -0.2) is 83.8 Å². The number of ether oxygens (including phenoxy) is 1. The number of H-pyrrole nitrogens is 1. The molecule has 1 saturated heterocycles. The Morgan fingerprint density at radius 3 is 2.65 bits per heavy atom. The second kappa shape index (κ2) is 10.9. The minimum Gasteiger partial charge on any atom is -0.379 e. The second-order valence-corrected chi connectivity index (χ2v) is 9.14. The Morgan fingerprint density at radius 1 is 1.23 bits per heavy atom. The van der Waals surface area contributed by atoms with Crippen molar-refractivity contribution in [3.05, 3.63) is 39.9 Å². The number of fused-ring (bicyclic) bond motifs is 3. The highest BCUT2D eigenvalue weighted by Crippen LogP contribution is 2.39. The quantitative estimate of drug-likeness (QED) is 0.377. The van der Waals surface area contributed by atoms with Crippen molar-refractivity contribution in [2.45, 2.75) is 37.8 Å². The molecular weight excluding hydrogens is 552 g/mol. The van der Waals surface area contributed by atoms with Crippen LogP contribution in [0.1, 0.15) is 28.6 Å². The third-order valence-electron chi connectivity index (χ3n) is 6.30. The molecule has 2 aromatic heterocycles. The normalized spacial score (nSPS) is 19.8. The first-order chi connectivity index (χ1) is 19.9. The van der Waals surface area contributed by atoms with E-state index in [0.717, 1.165) is 6.20 Å². The molecule has 2 N–H and O–H groups in total. The number of carbonyl (C=O) groups is 2. The lowest BCUT2D eigenvalue weighted by Crippen LogP contribution is -2.63. The number of carbonyl (C=O) groups excluding carboxylic acids is 2. The molecule has 2 aromatic rings. The van der Waals surface area contributed by atoms with E-state index in [9.17, 15) is 40.7 Å². The standard InChI is InChI=1S/C23H25F6N7O4/c1-12(32-14-9-31-33-20(38)18(14)23(27,28)29)11-40-6-3-17(37)35-4-5-36-16(10-35)21(39)34(2)15-7-13(22(24,25)26)8-30-19(15)36/h7-9,12,16H,3-6,10-11H2,1-2H3,(H2,32,33,38)/t12-,16-/m0/s1/i2D3. The zero-order valence-electron chi connectivity index (χ0n) is 23.8. The topological polar surface area (TPSA) is 124 Å². The van der Waals surface area contributed by atoms with Gasteiger partial charge in [0.15, 0.2) is 5.82 Å². The molecule has 1 fully saturated rings.